The number of rotatable bonds is 12. The molecule has 6 heteroatoms. The topological polar surface area (TPSA) is 56.8 Å². The van der Waals surface area contributed by atoms with Crippen molar-refractivity contribution >= 4 is 17.5 Å². The molecule has 5 nitrogen and oxygen atoms in total. The lowest BCUT2D eigenvalue weighted by atomic mass is 10.1. The van der Waals surface area contributed by atoms with Gasteiger partial charge in [0.15, 0.2) is 6.10 Å². The van der Waals surface area contributed by atoms with Gasteiger partial charge < -0.3 is 19.5 Å². The molecule has 0 heterocycles. The molecule has 1 atom stereocenters. The summed E-state index contributed by atoms with van der Waals surface area (Å²) in [4.78, 5) is 12.7. The van der Waals surface area contributed by atoms with Crippen molar-refractivity contribution in [1.29, 1.82) is 0 Å². The Morgan fingerprint density at radius 1 is 1.26 bits per heavy atom. The Kier molecular flexibility index (Phi) is 13.1. The lowest BCUT2D eigenvalue weighted by Gasteiger charge is -2.17. The van der Waals surface area contributed by atoms with Crippen LogP contribution in [-0.2, 0) is 19.0 Å². The van der Waals surface area contributed by atoms with E-state index in [2.05, 4.69) is 23.1 Å². The second kappa shape index (κ2) is 15.7. The molecule has 1 amide bonds. The molecule has 1 N–H and O–H groups in total. The van der Waals surface area contributed by atoms with E-state index in [4.69, 9.17) is 32.2 Å². The second-order valence-electron chi connectivity index (χ2n) is 6.26. The van der Waals surface area contributed by atoms with Crippen LogP contribution < -0.4 is 5.32 Å². The minimum Gasteiger partial charge on any atom is -0.504 e. The van der Waals surface area contributed by atoms with Gasteiger partial charge >= 0.3 is 0 Å². The van der Waals surface area contributed by atoms with Crippen LogP contribution in [0.4, 0.5) is 0 Å². The zero-order valence-electron chi connectivity index (χ0n) is 18.1. The number of ether oxygens (including phenoxy) is 3. The van der Waals surface area contributed by atoms with E-state index in [0.29, 0.717) is 30.2 Å². The van der Waals surface area contributed by atoms with E-state index in [0.717, 1.165) is 11.3 Å². The van der Waals surface area contributed by atoms with Gasteiger partial charge in [-0.25, -0.2) is 0 Å². The summed E-state index contributed by atoms with van der Waals surface area (Å²) in [6.07, 6.45) is 12.2. The number of halogens is 1. The number of terminal acetylenes is 1. The highest BCUT2D eigenvalue weighted by molar-refractivity contribution is 6.30. The maximum absolute atomic E-state index is 12.7. The highest BCUT2D eigenvalue weighted by Gasteiger charge is 2.20. The molecule has 0 aromatic heterocycles. The maximum Gasteiger partial charge on any atom is 0.253 e. The fourth-order valence-corrected chi connectivity index (χ4v) is 2.51. The van der Waals surface area contributed by atoms with E-state index in [-0.39, 0.29) is 12.5 Å². The summed E-state index contributed by atoms with van der Waals surface area (Å²) in [5.74, 6) is 8.47. The molecule has 164 valence electrons. The maximum atomic E-state index is 12.7. The third kappa shape index (κ3) is 11.0. The molecule has 31 heavy (non-hydrogen) atoms. The van der Waals surface area contributed by atoms with Crippen LogP contribution in [0.15, 0.2) is 60.1 Å². The fraction of sp³-hybridized carbons (Fsp3) is 0.320. The highest BCUT2D eigenvalue weighted by atomic mass is 35.5. The number of allylic oxidation sites excluding steroid dienone is 4. The first-order valence-corrected chi connectivity index (χ1v) is 10.1. The molecule has 0 aliphatic heterocycles. The van der Waals surface area contributed by atoms with Gasteiger partial charge in [0.25, 0.3) is 5.91 Å². The van der Waals surface area contributed by atoms with E-state index in [1.807, 2.05) is 25.2 Å². The Morgan fingerprint density at radius 3 is 2.65 bits per heavy atom. The van der Waals surface area contributed by atoms with Crippen molar-refractivity contribution in [3.8, 4) is 24.2 Å². The number of carbonyl (C=O) groups excluding carboxylic acids is 1. The lowest BCUT2D eigenvalue weighted by Crippen LogP contribution is -2.32. The molecule has 0 bridgehead atoms. The Morgan fingerprint density at radius 2 is 2.00 bits per heavy atom. The van der Waals surface area contributed by atoms with Gasteiger partial charge in [0.05, 0.1) is 19.1 Å². The summed E-state index contributed by atoms with van der Waals surface area (Å²) >= 11 is 5.93. The van der Waals surface area contributed by atoms with Crippen LogP contribution in [0.5, 0.6) is 0 Å². The molecular weight excluding hydrogens is 414 g/mol. The van der Waals surface area contributed by atoms with Gasteiger partial charge in [-0.05, 0) is 55.7 Å². The minimum absolute atomic E-state index is 0.0227. The molecule has 0 fully saturated rings. The van der Waals surface area contributed by atoms with Crippen LogP contribution in [0.2, 0.25) is 5.02 Å². The Hall–Kier alpha value is -3.12. The summed E-state index contributed by atoms with van der Waals surface area (Å²) in [6.45, 7) is 4.38. The quantitative estimate of drug-likeness (QED) is 0.293. The van der Waals surface area contributed by atoms with Gasteiger partial charge in [0.2, 0.25) is 0 Å². The number of nitrogens with one attached hydrogen (secondary N) is 1. The Labute approximate surface area is 190 Å². The van der Waals surface area contributed by atoms with Gasteiger partial charge in [-0.2, -0.15) is 0 Å². The third-order valence-corrected chi connectivity index (χ3v) is 4.21. The summed E-state index contributed by atoms with van der Waals surface area (Å²) in [6, 6.07) is 6.89. The first-order valence-electron chi connectivity index (χ1n) is 9.69. The molecule has 1 aromatic carbocycles. The van der Waals surface area contributed by atoms with Crippen molar-refractivity contribution in [1.82, 2.24) is 5.32 Å². The minimum atomic E-state index is -0.814. The van der Waals surface area contributed by atoms with Gasteiger partial charge in [0.1, 0.15) is 13.2 Å². The number of amides is 1. The van der Waals surface area contributed by atoms with Gasteiger partial charge in [-0.1, -0.05) is 41.7 Å². The molecule has 0 aliphatic rings. The standard InChI is InChI=1S/C25H28ClNO4/c1-5-7-18-30-20(3)8-9-21(15-19-29-4)14-16-27-25(28)24(31-17-6-2)22-10-12-23(26)13-11-22/h2,8-13,15,19,24H,14,16-18H2,1,3-4H3,(H,27,28)/b19-15+,20-8+,21-9-. The van der Waals surface area contributed by atoms with Crippen molar-refractivity contribution < 1.29 is 19.0 Å². The van der Waals surface area contributed by atoms with E-state index in [9.17, 15) is 4.79 Å². The molecule has 0 saturated heterocycles. The number of carbonyl (C=O) groups is 1. The van der Waals surface area contributed by atoms with E-state index >= 15 is 0 Å². The average molecular weight is 442 g/mol. The SMILES string of the molecule is C#CCOC(C(=O)NCCC(=C/C=C(\C)OCC#CC)/C=C/OC)c1ccc(Cl)cc1. The van der Waals surface area contributed by atoms with Crippen LogP contribution >= 0.6 is 11.6 Å². The van der Waals surface area contributed by atoms with Crippen LogP contribution in [-0.4, -0.2) is 32.8 Å². The van der Waals surface area contributed by atoms with Gasteiger partial charge in [0, 0.05) is 11.6 Å². The average Bonchev–Trinajstić information content (AvgIpc) is 2.76. The predicted molar refractivity (Wildman–Crippen MR) is 124 cm³/mol. The zero-order valence-corrected chi connectivity index (χ0v) is 18.9. The summed E-state index contributed by atoms with van der Waals surface area (Å²) < 4.78 is 16.0. The van der Waals surface area contributed by atoms with Crippen LogP contribution in [0.1, 0.15) is 31.9 Å². The molecule has 0 radical (unpaired) electrons. The zero-order chi connectivity index (χ0) is 22.9. The van der Waals surface area contributed by atoms with Gasteiger partial charge in [-0.3, -0.25) is 4.79 Å². The van der Waals surface area contributed by atoms with Crippen LogP contribution in [0.3, 0.4) is 0 Å². The van der Waals surface area contributed by atoms with E-state index in [1.54, 1.807) is 44.6 Å². The highest BCUT2D eigenvalue weighted by Crippen LogP contribution is 2.20. The number of methoxy groups -OCH3 is 1. The first-order chi connectivity index (χ1) is 15.0. The predicted octanol–water partition coefficient (Wildman–Crippen LogP) is 4.57. The van der Waals surface area contributed by atoms with Crippen LogP contribution in [0.25, 0.3) is 0 Å². The number of hydrogen-bond donors (Lipinski definition) is 1. The monoisotopic (exact) mass is 441 g/mol. The van der Waals surface area contributed by atoms with E-state index < -0.39 is 6.10 Å². The Balaban J connectivity index is 2.76. The normalized spacial score (nSPS) is 12.5. The molecule has 0 aliphatic carbocycles. The lowest BCUT2D eigenvalue weighted by molar-refractivity contribution is -0.132. The molecule has 1 unspecified atom stereocenters. The summed E-state index contributed by atoms with van der Waals surface area (Å²) in [7, 11) is 1.57. The van der Waals surface area contributed by atoms with Crippen molar-refractivity contribution in [2.75, 3.05) is 26.9 Å². The molecule has 1 rings (SSSR count). The van der Waals surface area contributed by atoms with Crippen molar-refractivity contribution in [2.24, 2.45) is 0 Å². The number of hydrogen-bond acceptors (Lipinski definition) is 4. The Bertz CT molecular complexity index is 883. The van der Waals surface area contributed by atoms with Crippen molar-refractivity contribution in [3.05, 3.63) is 70.7 Å². The summed E-state index contributed by atoms with van der Waals surface area (Å²) in [5, 5.41) is 3.47. The molecule has 1 aromatic rings. The van der Waals surface area contributed by atoms with Crippen molar-refractivity contribution in [2.45, 2.75) is 26.4 Å². The van der Waals surface area contributed by atoms with E-state index in [1.165, 1.54) is 0 Å². The molecule has 0 spiro atoms. The smallest absolute Gasteiger partial charge is 0.253 e. The largest absolute Gasteiger partial charge is 0.504 e. The fourth-order valence-electron chi connectivity index (χ4n) is 2.39. The third-order valence-electron chi connectivity index (χ3n) is 3.96. The van der Waals surface area contributed by atoms with Gasteiger partial charge in [-0.15, -0.1) is 12.3 Å². The summed E-state index contributed by atoms with van der Waals surface area (Å²) in [5.41, 5.74) is 1.62. The molecular formula is C25H28ClNO4. The van der Waals surface area contributed by atoms with Crippen molar-refractivity contribution in [3.63, 3.8) is 0 Å². The second-order valence-corrected chi connectivity index (χ2v) is 6.70. The van der Waals surface area contributed by atoms with Crippen LogP contribution in [0, 0.1) is 24.2 Å². The first kappa shape index (κ1) is 25.9. The number of benzene rings is 1. The molecule has 0 saturated carbocycles.